The van der Waals surface area contributed by atoms with E-state index in [4.69, 9.17) is 4.74 Å². The molecule has 2 rings (SSSR count). The van der Waals surface area contributed by atoms with Crippen molar-refractivity contribution in [2.24, 2.45) is 0 Å². The Morgan fingerprint density at radius 1 is 1.33 bits per heavy atom. The Bertz CT molecular complexity index is 470. The lowest BCUT2D eigenvalue weighted by Crippen LogP contribution is -2.55. The Morgan fingerprint density at radius 2 is 2.05 bits per heavy atom. The number of methoxy groups -OCH3 is 1. The van der Waals surface area contributed by atoms with Crippen LogP contribution in [0, 0.1) is 0 Å². The van der Waals surface area contributed by atoms with E-state index in [0.29, 0.717) is 32.6 Å². The summed E-state index contributed by atoms with van der Waals surface area (Å²) >= 11 is 0. The van der Waals surface area contributed by atoms with Crippen LogP contribution in [-0.2, 0) is 14.3 Å². The van der Waals surface area contributed by atoms with E-state index in [0.717, 1.165) is 5.82 Å². The summed E-state index contributed by atoms with van der Waals surface area (Å²) in [5.41, 5.74) is 0. The monoisotopic (exact) mass is 292 g/mol. The Labute approximate surface area is 123 Å². The smallest absolute Gasteiger partial charge is 0.330 e. The molecule has 2 heterocycles. The highest BCUT2D eigenvalue weighted by Gasteiger charge is 2.34. The van der Waals surface area contributed by atoms with E-state index in [1.165, 1.54) is 13.4 Å². The molecule has 1 aliphatic rings. The number of esters is 1. The van der Waals surface area contributed by atoms with Gasteiger partial charge in [-0.1, -0.05) is 6.92 Å². The summed E-state index contributed by atoms with van der Waals surface area (Å²) in [6.07, 6.45) is 3.54. The molecule has 1 fully saturated rings. The van der Waals surface area contributed by atoms with Crippen molar-refractivity contribution in [3.63, 3.8) is 0 Å². The Balaban J connectivity index is 2.01. The number of rotatable bonds is 5. The van der Waals surface area contributed by atoms with Gasteiger partial charge in [0.05, 0.1) is 7.11 Å². The van der Waals surface area contributed by atoms with Gasteiger partial charge in [-0.15, -0.1) is 0 Å². The maximum Gasteiger partial charge on any atom is 0.330 e. The third-order valence-electron chi connectivity index (χ3n) is 3.65. The quantitative estimate of drug-likeness (QED) is 0.563. The molecule has 1 aromatic rings. The zero-order valence-corrected chi connectivity index (χ0v) is 12.4. The molecular weight excluding hydrogens is 272 g/mol. The molecular formula is C14H20N4O3. The minimum Gasteiger partial charge on any atom is -0.468 e. The molecule has 0 spiro atoms. The second-order valence-electron chi connectivity index (χ2n) is 4.84. The van der Waals surface area contributed by atoms with E-state index < -0.39 is 12.0 Å². The highest BCUT2D eigenvalue weighted by molar-refractivity contribution is 6.03. The normalized spacial score (nSPS) is 17.3. The lowest BCUT2D eigenvalue weighted by molar-refractivity contribution is -0.151. The highest BCUT2D eigenvalue weighted by Crippen LogP contribution is 2.15. The number of carbonyl (C=O) groups excluding carboxylic acids is 2. The maximum atomic E-state index is 12.0. The van der Waals surface area contributed by atoms with Crippen molar-refractivity contribution >= 4 is 17.6 Å². The molecule has 1 atom stereocenters. The van der Waals surface area contributed by atoms with Crippen molar-refractivity contribution in [3.8, 4) is 0 Å². The van der Waals surface area contributed by atoms with Crippen LogP contribution in [0.2, 0.25) is 0 Å². The van der Waals surface area contributed by atoms with E-state index in [1.54, 1.807) is 13.1 Å². The molecule has 0 bridgehead atoms. The van der Waals surface area contributed by atoms with Crippen LogP contribution in [0.4, 0.5) is 5.82 Å². The van der Waals surface area contributed by atoms with Gasteiger partial charge in [0.1, 0.15) is 12.1 Å². The van der Waals surface area contributed by atoms with E-state index in [2.05, 4.69) is 14.9 Å². The lowest BCUT2D eigenvalue weighted by atomic mass is 10.1. The molecule has 114 valence electrons. The molecule has 0 radical (unpaired) electrons. The summed E-state index contributed by atoms with van der Waals surface area (Å²) in [5.74, 6) is 0.288. The molecule has 0 aromatic carbocycles. The van der Waals surface area contributed by atoms with E-state index in [1.807, 2.05) is 11.0 Å². The summed E-state index contributed by atoms with van der Waals surface area (Å²) in [6.45, 7) is 4.42. The Hall–Kier alpha value is -2.02. The second kappa shape index (κ2) is 7.12. The van der Waals surface area contributed by atoms with Gasteiger partial charge >= 0.3 is 5.97 Å². The Kier molecular flexibility index (Phi) is 5.21. The van der Waals surface area contributed by atoms with Crippen LogP contribution in [0.5, 0.6) is 0 Å². The summed E-state index contributed by atoms with van der Waals surface area (Å²) in [7, 11) is 1.31. The fourth-order valence-corrected chi connectivity index (χ4v) is 2.47. The standard InChI is InChI=1S/C14H20N4O3/c1-3-11(19)13(14(20)21-2)18-8-6-17(7-9-18)12-4-5-15-10-16-12/h4-5,10,13H,3,6-9H2,1-2H3. The molecule has 0 saturated carbocycles. The number of nitrogens with zero attached hydrogens (tertiary/aromatic N) is 4. The van der Waals surface area contributed by atoms with Gasteiger partial charge in [0.2, 0.25) is 0 Å². The maximum absolute atomic E-state index is 12.0. The first-order chi connectivity index (χ1) is 10.2. The zero-order chi connectivity index (χ0) is 15.2. The summed E-state index contributed by atoms with van der Waals surface area (Å²) in [4.78, 5) is 35.9. The van der Waals surface area contributed by atoms with Crippen LogP contribution in [0.3, 0.4) is 0 Å². The third kappa shape index (κ3) is 3.55. The van der Waals surface area contributed by atoms with Crippen LogP contribution in [0.25, 0.3) is 0 Å². The first-order valence-corrected chi connectivity index (χ1v) is 7.03. The predicted octanol–water partition coefficient (Wildman–Crippen LogP) is 0.119. The van der Waals surface area contributed by atoms with Gasteiger partial charge in [-0.05, 0) is 6.07 Å². The van der Waals surface area contributed by atoms with Gasteiger partial charge in [-0.25, -0.2) is 14.8 Å². The number of hydrogen-bond acceptors (Lipinski definition) is 7. The number of aromatic nitrogens is 2. The molecule has 21 heavy (non-hydrogen) atoms. The van der Waals surface area contributed by atoms with Gasteiger partial charge in [-0.3, -0.25) is 9.69 Å². The van der Waals surface area contributed by atoms with Gasteiger partial charge in [-0.2, -0.15) is 0 Å². The number of piperazine rings is 1. The molecule has 1 aromatic heterocycles. The van der Waals surface area contributed by atoms with E-state index in [-0.39, 0.29) is 5.78 Å². The number of ketones is 1. The van der Waals surface area contributed by atoms with Crippen molar-refractivity contribution in [1.29, 1.82) is 0 Å². The van der Waals surface area contributed by atoms with Crippen LogP contribution >= 0.6 is 0 Å². The molecule has 1 aliphatic heterocycles. The Morgan fingerprint density at radius 3 is 2.57 bits per heavy atom. The first-order valence-electron chi connectivity index (χ1n) is 7.03. The van der Waals surface area contributed by atoms with Crippen LogP contribution in [-0.4, -0.2) is 66.0 Å². The average Bonchev–Trinajstić information content (AvgIpc) is 2.56. The van der Waals surface area contributed by atoms with Crippen molar-refractivity contribution in [1.82, 2.24) is 14.9 Å². The average molecular weight is 292 g/mol. The predicted molar refractivity (Wildman–Crippen MR) is 76.9 cm³/mol. The van der Waals surface area contributed by atoms with Crippen LogP contribution < -0.4 is 4.90 Å². The van der Waals surface area contributed by atoms with Gasteiger partial charge in [0, 0.05) is 38.8 Å². The van der Waals surface area contributed by atoms with E-state index in [9.17, 15) is 9.59 Å². The second-order valence-corrected chi connectivity index (χ2v) is 4.84. The van der Waals surface area contributed by atoms with Crippen molar-refractivity contribution in [2.75, 3.05) is 38.2 Å². The van der Waals surface area contributed by atoms with Crippen molar-refractivity contribution in [3.05, 3.63) is 18.6 Å². The fraction of sp³-hybridized carbons (Fsp3) is 0.571. The van der Waals surface area contributed by atoms with Crippen LogP contribution in [0.15, 0.2) is 18.6 Å². The third-order valence-corrected chi connectivity index (χ3v) is 3.65. The fourth-order valence-electron chi connectivity index (χ4n) is 2.47. The topological polar surface area (TPSA) is 75.6 Å². The van der Waals surface area contributed by atoms with Crippen molar-refractivity contribution < 1.29 is 14.3 Å². The summed E-state index contributed by atoms with van der Waals surface area (Å²) < 4.78 is 4.76. The van der Waals surface area contributed by atoms with E-state index >= 15 is 0 Å². The molecule has 1 unspecified atom stereocenters. The number of carbonyl (C=O) groups is 2. The lowest BCUT2D eigenvalue weighted by Gasteiger charge is -2.37. The number of ether oxygens (including phenoxy) is 1. The van der Waals surface area contributed by atoms with Gasteiger partial charge < -0.3 is 9.64 Å². The van der Waals surface area contributed by atoms with Crippen molar-refractivity contribution in [2.45, 2.75) is 19.4 Å². The number of Topliss-reactive ketones (excluding diaryl/α,β-unsaturated/α-hetero) is 1. The first kappa shape index (κ1) is 15.4. The summed E-state index contributed by atoms with van der Waals surface area (Å²) in [5, 5.41) is 0. The SMILES string of the molecule is CCC(=O)C(C(=O)OC)N1CCN(c2ccncn2)CC1. The number of hydrogen-bond donors (Lipinski definition) is 0. The van der Waals surface area contributed by atoms with Gasteiger partial charge in [0.25, 0.3) is 0 Å². The molecule has 7 heteroatoms. The molecule has 0 amide bonds. The number of anilines is 1. The molecule has 0 N–H and O–H groups in total. The molecule has 1 saturated heterocycles. The largest absolute Gasteiger partial charge is 0.468 e. The minimum absolute atomic E-state index is 0.0997. The van der Waals surface area contributed by atoms with Gasteiger partial charge in [0.15, 0.2) is 11.8 Å². The van der Waals surface area contributed by atoms with Crippen LogP contribution in [0.1, 0.15) is 13.3 Å². The molecule has 0 aliphatic carbocycles. The highest BCUT2D eigenvalue weighted by atomic mass is 16.5. The minimum atomic E-state index is -0.785. The molecule has 7 nitrogen and oxygen atoms in total. The zero-order valence-electron chi connectivity index (χ0n) is 12.4. The summed E-state index contributed by atoms with van der Waals surface area (Å²) in [6, 6.07) is 1.07.